The average molecular weight is 512 g/mol. The van der Waals surface area contributed by atoms with Crippen LogP contribution in [0.4, 0.5) is 5.69 Å². The van der Waals surface area contributed by atoms with Crippen LogP contribution < -0.4 is 5.32 Å². The molecule has 1 aliphatic rings. The van der Waals surface area contributed by atoms with E-state index in [9.17, 15) is 9.59 Å². The number of rotatable bonds is 11. The van der Waals surface area contributed by atoms with Gasteiger partial charge in [0, 0.05) is 35.9 Å². The second-order valence-electron chi connectivity index (χ2n) is 10.4. The highest BCUT2D eigenvalue weighted by atomic mass is 16.5. The number of amides is 2. The van der Waals surface area contributed by atoms with E-state index in [1.807, 2.05) is 61.5 Å². The van der Waals surface area contributed by atoms with E-state index in [1.165, 1.54) is 11.1 Å². The fourth-order valence-corrected chi connectivity index (χ4v) is 5.35. The summed E-state index contributed by atoms with van der Waals surface area (Å²) in [5, 5.41) is 11.6. The minimum atomic E-state index is -0.599. The van der Waals surface area contributed by atoms with Gasteiger partial charge in [-0.1, -0.05) is 67.6 Å². The Morgan fingerprint density at radius 2 is 1.76 bits per heavy atom. The van der Waals surface area contributed by atoms with Crippen molar-refractivity contribution < 1.29 is 14.3 Å². The molecule has 2 atom stereocenters. The first-order valence-corrected chi connectivity index (χ1v) is 13.3. The first-order valence-electron chi connectivity index (χ1n) is 13.3. The van der Waals surface area contributed by atoms with Crippen LogP contribution in [0.25, 0.3) is 0 Å². The van der Waals surface area contributed by atoms with Crippen molar-refractivity contribution in [3.05, 3.63) is 101 Å². The molecule has 2 N–H and O–H groups in total. The number of nitrogens with zero attached hydrogens (tertiary/aromatic N) is 1. The molecule has 198 valence electrons. The predicted octanol–water partition coefficient (Wildman–Crippen LogP) is 6.01. The van der Waals surface area contributed by atoms with Crippen LogP contribution in [0, 0.1) is 12.3 Å². The second-order valence-corrected chi connectivity index (χ2v) is 10.4. The van der Waals surface area contributed by atoms with Gasteiger partial charge in [-0.25, -0.2) is 0 Å². The van der Waals surface area contributed by atoms with Crippen LogP contribution in [-0.4, -0.2) is 36.3 Å². The van der Waals surface area contributed by atoms with Gasteiger partial charge in [0.2, 0.25) is 12.3 Å². The van der Waals surface area contributed by atoms with Gasteiger partial charge >= 0.3 is 0 Å². The Bertz CT molecular complexity index is 1240. The third-order valence-electron chi connectivity index (χ3n) is 7.32. The Balaban J connectivity index is 1.66. The highest BCUT2D eigenvalue weighted by molar-refractivity contribution is 5.89. The highest BCUT2D eigenvalue weighted by Crippen LogP contribution is 2.37. The molecular formula is C32H37N3O3. The van der Waals surface area contributed by atoms with E-state index in [1.54, 1.807) is 0 Å². The van der Waals surface area contributed by atoms with Crippen LogP contribution in [-0.2, 0) is 32.7 Å². The molecule has 0 spiro atoms. The van der Waals surface area contributed by atoms with Crippen LogP contribution in [0.5, 0.6) is 0 Å². The van der Waals surface area contributed by atoms with Crippen molar-refractivity contribution in [2.45, 2.75) is 64.1 Å². The van der Waals surface area contributed by atoms with Crippen molar-refractivity contribution >= 4 is 24.2 Å². The van der Waals surface area contributed by atoms with Crippen LogP contribution in [0.1, 0.15) is 60.4 Å². The minimum Gasteiger partial charge on any atom is -0.360 e. The second kappa shape index (κ2) is 12.7. The van der Waals surface area contributed by atoms with E-state index >= 15 is 0 Å². The Morgan fingerprint density at radius 1 is 1.08 bits per heavy atom. The van der Waals surface area contributed by atoms with E-state index in [0.29, 0.717) is 12.8 Å². The maximum absolute atomic E-state index is 13.6. The Labute approximate surface area is 225 Å². The first kappa shape index (κ1) is 27.3. The number of nitrogens with one attached hydrogen (secondary N) is 2. The molecule has 0 bridgehead atoms. The molecule has 1 saturated heterocycles. The Kier molecular flexibility index (Phi) is 9.08. The molecule has 1 fully saturated rings. The smallest absolute Gasteiger partial charge is 0.230 e. The van der Waals surface area contributed by atoms with E-state index < -0.39 is 5.41 Å². The lowest BCUT2D eigenvalue weighted by Crippen LogP contribution is -2.37. The molecule has 0 aliphatic carbocycles. The molecule has 6 nitrogen and oxygen atoms in total. The van der Waals surface area contributed by atoms with Crippen molar-refractivity contribution in [2.75, 3.05) is 11.9 Å². The standard InChI is InChI=1S/C32H37N3O3/c1-24-17-29(34-30-15-9-10-16-38-30)27(21-33)18-28(24)32(2,19-25-11-5-3-6-12-25)20-31(37)35(23-36)22-26-13-7-4-8-14-26/h3-8,11-14,17-18,21,23,30,33-34H,9-10,15-16,19-20,22H2,1-2H3. The summed E-state index contributed by atoms with van der Waals surface area (Å²) in [4.78, 5) is 26.8. The zero-order valence-electron chi connectivity index (χ0n) is 22.3. The van der Waals surface area contributed by atoms with E-state index in [4.69, 9.17) is 10.1 Å². The lowest BCUT2D eigenvalue weighted by Gasteiger charge is -2.34. The quantitative estimate of drug-likeness (QED) is 0.244. The SMILES string of the molecule is Cc1cc(NC2CCCCO2)c(C=N)cc1C(C)(CC(=O)N(C=O)Cc1ccccc1)Cc1ccccc1. The Hall–Kier alpha value is -3.77. The molecule has 1 heterocycles. The third-order valence-corrected chi connectivity index (χ3v) is 7.32. The lowest BCUT2D eigenvalue weighted by molar-refractivity contribution is -0.139. The molecule has 0 radical (unpaired) electrons. The molecule has 6 heteroatoms. The minimum absolute atomic E-state index is 0.0656. The van der Waals surface area contributed by atoms with Gasteiger partial charge in [0.05, 0.1) is 6.54 Å². The van der Waals surface area contributed by atoms with Crippen molar-refractivity contribution in [1.82, 2.24) is 4.90 Å². The summed E-state index contributed by atoms with van der Waals surface area (Å²) >= 11 is 0. The van der Waals surface area contributed by atoms with Gasteiger partial charge in [-0.15, -0.1) is 0 Å². The normalized spacial score (nSPS) is 16.7. The molecule has 2 unspecified atom stereocenters. The number of carbonyl (C=O) groups is 2. The number of benzene rings is 3. The van der Waals surface area contributed by atoms with E-state index in [2.05, 4.69) is 30.4 Å². The fourth-order valence-electron chi connectivity index (χ4n) is 5.35. The summed E-state index contributed by atoms with van der Waals surface area (Å²) in [5.74, 6) is -0.226. The van der Waals surface area contributed by atoms with Gasteiger partial charge in [0.15, 0.2) is 0 Å². The van der Waals surface area contributed by atoms with Gasteiger partial charge < -0.3 is 15.5 Å². The molecule has 0 saturated carbocycles. The van der Waals surface area contributed by atoms with Crippen molar-refractivity contribution in [1.29, 1.82) is 5.41 Å². The molecule has 0 aromatic heterocycles. The van der Waals surface area contributed by atoms with E-state index in [0.717, 1.165) is 59.4 Å². The molecule has 2 amide bonds. The Morgan fingerprint density at radius 3 is 2.37 bits per heavy atom. The summed E-state index contributed by atoms with van der Waals surface area (Å²) in [6.45, 7) is 5.10. The summed E-state index contributed by atoms with van der Waals surface area (Å²) in [6.07, 6.45) is 5.81. The topological polar surface area (TPSA) is 82.5 Å². The predicted molar refractivity (Wildman–Crippen MR) is 151 cm³/mol. The summed E-state index contributed by atoms with van der Waals surface area (Å²) in [7, 11) is 0. The first-order chi connectivity index (χ1) is 18.4. The fraction of sp³-hybridized carbons (Fsp3) is 0.344. The number of ether oxygens (including phenoxy) is 1. The van der Waals surface area contributed by atoms with Crippen molar-refractivity contribution in [3.8, 4) is 0 Å². The lowest BCUT2D eigenvalue weighted by atomic mass is 9.72. The number of anilines is 1. The number of imide groups is 1. The van der Waals surface area contributed by atoms with Crippen LogP contribution in [0.15, 0.2) is 72.8 Å². The zero-order chi connectivity index (χ0) is 27.0. The molecular weight excluding hydrogens is 474 g/mol. The monoisotopic (exact) mass is 511 g/mol. The molecule has 1 aliphatic heterocycles. The van der Waals surface area contributed by atoms with Crippen molar-refractivity contribution in [2.24, 2.45) is 0 Å². The maximum Gasteiger partial charge on any atom is 0.230 e. The molecule has 38 heavy (non-hydrogen) atoms. The maximum atomic E-state index is 13.6. The summed E-state index contributed by atoms with van der Waals surface area (Å²) in [5.41, 5.74) is 5.05. The van der Waals surface area contributed by atoms with Crippen LogP contribution in [0.3, 0.4) is 0 Å². The molecule has 3 aromatic carbocycles. The number of hydrogen-bond donors (Lipinski definition) is 2. The van der Waals surface area contributed by atoms with Gasteiger partial charge in [-0.05, 0) is 67.0 Å². The van der Waals surface area contributed by atoms with Gasteiger partial charge in [-0.2, -0.15) is 0 Å². The van der Waals surface area contributed by atoms with Crippen LogP contribution >= 0.6 is 0 Å². The molecule has 3 aromatic rings. The summed E-state index contributed by atoms with van der Waals surface area (Å²) in [6, 6.07) is 23.7. The zero-order valence-corrected chi connectivity index (χ0v) is 22.3. The van der Waals surface area contributed by atoms with Crippen LogP contribution in [0.2, 0.25) is 0 Å². The van der Waals surface area contributed by atoms with Gasteiger partial charge in [0.1, 0.15) is 6.23 Å². The number of aryl methyl sites for hydroxylation is 1. The van der Waals surface area contributed by atoms with Crippen molar-refractivity contribution in [3.63, 3.8) is 0 Å². The third kappa shape index (κ3) is 6.75. The largest absolute Gasteiger partial charge is 0.360 e. The number of carbonyl (C=O) groups excluding carboxylic acids is 2. The van der Waals surface area contributed by atoms with E-state index in [-0.39, 0.29) is 25.1 Å². The molecule has 4 rings (SSSR count). The number of hydrogen-bond acceptors (Lipinski definition) is 5. The van der Waals surface area contributed by atoms with Gasteiger partial charge in [-0.3, -0.25) is 14.5 Å². The van der Waals surface area contributed by atoms with Gasteiger partial charge in [0.25, 0.3) is 0 Å². The summed E-state index contributed by atoms with van der Waals surface area (Å²) < 4.78 is 5.87. The highest BCUT2D eigenvalue weighted by Gasteiger charge is 2.34. The average Bonchev–Trinajstić information content (AvgIpc) is 2.93.